The largest absolute Gasteiger partial charge is 0.328 e. The average Bonchev–Trinajstić information content (AvgIpc) is 2.58. The maximum absolute atomic E-state index is 9.42. The van der Waals surface area contributed by atoms with Gasteiger partial charge >= 0.3 is 8.60 Å². The van der Waals surface area contributed by atoms with Gasteiger partial charge in [-0.1, -0.05) is 111 Å². The van der Waals surface area contributed by atoms with Crippen LogP contribution in [0.1, 0.15) is 118 Å². The molecule has 0 spiro atoms. The van der Waals surface area contributed by atoms with E-state index in [1.807, 2.05) is 6.08 Å². The third-order valence-electron chi connectivity index (χ3n) is 5.40. The minimum Gasteiger partial charge on any atom is -0.328 e. The van der Waals surface area contributed by atoms with E-state index in [1.165, 1.54) is 64.2 Å². The molecule has 0 rings (SSSR count). The van der Waals surface area contributed by atoms with Crippen LogP contribution in [0.4, 0.5) is 0 Å². The number of unbranched alkanes of at least 4 members (excludes halogenated alkanes) is 8. The van der Waals surface area contributed by atoms with Gasteiger partial charge in [0, 0.05) is 0 Å². The van der Waals surface area contributed by atoms with Gasteiger partial charge in [0.15, 0.2) is 0 Å². The Hall–Kier alpha value is 0.0500. The zero-order valence-electron chi connectivity index (χ0n) is 18.6. The molecule has 3 nitrogen and oxygen atoms in total. The van der Waals surface area contributed by atoms with Crippen LogP contribution in [0.3, 0.4) is 0 Å². The Morgan fingerprint density at radius 2 is 1.11 bits per heavy atom. The zero-order chi connectivity index (χ0) is 20.5. The van der Waals surface area contributed by atoms with Crippen LogP contribution in [0.15, 0.2) is 12.7 Å². The van der Waals surface area contributed by atoms with E-state index in [-0.39, 0.29) is 0 Å². The predicted molar refractivity (Wildman–Crippen MR) is 120 cm³/mol. The van der Waals surface area contributed by atoms with Gasteiger partial charge in [-0.05, 0) is 24.7 Å². The van der Waals surface area contributed by atoms with Crippen molar-refractivity contribution in [3.8, 4) is 0 Å². The van der Waals surface area contributed by atoms with Gasteiger partial charge in [-0.15, -0.1) is 6.58 Å². The van der Waals surface area contributed by atoms with E-state index in [0.29, 0.717) is 0 Å². The summed E-state index contributed by atoms with van der Waals surface area (Å²) in [6.07, 6.45) is 18.3. The second kappa shape index (κ2) is 17.0. The SMILES string of the molecule is C=CC(CCCCCCCC(C)C)(CCCCCCCC(C)C)OP(O)O. The Morgan fingerprint density at radius 1 is 0.741 bits per heavy atom. The van der Waals surface area contributed by atoms with Gasteiger partial charge in [0.05, 0.1) is 5.60 Å². The highest BCUT2D eigenvalue weighted by Crippen LogP contribution is 2.39. The molecule has 0 aliphatic carbocycles. The van der Waals surface area contributed by atoms with E-state index in [4.69, 9.17) is 4.52 Å². The quantitative estimate of drug-likeness (QED) is 0.131. The summed E-state index contributed by atoms with van der Waals surface area (Å²) < 4.78 is 5.56. The van der Waals surface area contributed by atoms with Crippen LogP contribution >= 0.6 is 8.60 Å². The molecule has 0 unspecified atom stereocenters. The van der Waals surface area contributed by atoms with Crippen molar-refractivity contribution in [3.05, 3.63) is 12.7 Å². The van der Waals surface area contributed by atoms with Crippen LogP contribution in [0.2, 0.25) is 0 Å². The van der Waals surface area contributed by atoms with Crippen LogP contribution in [-0.4, -0.2) is 15.4 Å². The summed E-state index contributed by atoms with van der Waals surface area (Å²) in [7, 11) is -2.34. The second-order valence-electron chi connectivity index (χ2n) is 9.01. The molecule has 0 fully saturated rings. The van der Waals surface area contributed by atoms with E-state index in [2.05, 4.69) is 34.3 Å². The monoisotopic (exact) mass is 402 g/mol. The summed E-state index contributed by atoms with van der Waals surface area (Å²) in [6, 6.07) is 0. The summed E-state index contributed by atoms with van der Waals surface area (Å²) >= 11 is 0. The van der Waals surface area contributed by atoms with E-state index < -0.39 is 14.2 Å². The van der Waals surface area contributed by atoms with Gasteiger partial charge in [0.1, 0.15) is 0 Å². The molecule has 0 aliphatic heterocycles. The Labute approximate surface area is 171 Å². The van der Waals surface area contributed by atoms with Crippen molar-refractivity contribution in [2.75, 3.05) is 0 Å². The molecule has 0 atom stereocenters. The first-order valence-electron chi connectivity index (χ1n) is 11.3. The normalized spacial score (nSPS) is 12.5. The predicted octanol–water partition coefficient (Wildman–Crippen LogP) is 7.91. The maximum atomic E-state index is 9.42. The smallest absolute Gasteiger partial charge is 0.327 e. The molecule has 4 heteroatoms. The summed E-state index contributed by atoms with van der Waals surface area (Å²) in [6.45, 7) is 13.1. The molecule has 2 N–H and O–H groups in total. The third-order valence-corrected chi connectivity index (χ3v) is 5.93. The molecule has 0 aliphatic rings. The lowest BCUT2D eigenvalue weighted by atomic mass is 9.89. The molecular weight excluding hydrogens is 355 g/mol. The highest BCUT2D eigenvalue weighted by atomic mass is 31.2. The summed E-state index contributed by atoms with van der Waals surface area (Å²) in [5, 5.41) is 0. The summed E-state index contributed by atoms with van der Waals surface area (Å²) in [4.78, 5) is 18.8. The molecule has 0 aromatic carbocycles. The highest BCUT2D eigenvalue weighted by Gasteiger charge is 2.29. The van der Waals surface area contributed by atoms with Crippen LogP contribution in [0.5, 0.6) is 0 Å². The highest BCUT2D eigenvalue weighted by molar-refractivity contribution is 7.39. The van der Waals surface area contributed by atoms with Crippen LogP contribution in [-0.2, 0) is 4.52 Å². The van der Waals surface area contributed by atoms with E-state index >= 15 is 0 Å². The first kappa shape index (κ1) is 27.0. The lowest BCUT2D eigenvalue weighted by Crippen LogP contribution is -2.28. The molecule has 0 radical (unpaired) electrons. The Morgan fingerprint density at radius 3 is 1.44 bits per heavy atom. The fourth-order valence-electron chi connectivity index (χ4n) is 3.63. The standard InChI is InChI=1S/C23H47O3P/c1-6-23(26-27(24)25,19-15-11-7-9-13-17-21(2)3)20-16-12-8-10-14-18-22(4)5/h6,21-22,24-25H,1,7-20H2,2-5H3. The molecule has 0 saturated carbocycles. The summed E-state index contributed by atoms with van der Waals surface area (Å²) in [5.41, 5.74) is -0.564. The average molecular weight is 403 g/mol. The lowest BCUT2D eigenvalue weighted by Gasteiger charge is -2.31. The van der Waals surface area contributed by atoms with Crippen molar-refractivity contribution in [1.82, 2.24) is 0 Å². The lowest BCUT2D eigenvalue weighted by molar-refractivity contribution is 0.0774. The van der Waals surface area contributed by atoms with E-state index in [1.54, 1.807) is 0 Å². The fraction of sp³-hybridized carbons (Fsp3) is 0.913. The molecule has 0 aromatic heterocycles. The van der Waals surface area contributed by atoms with Crippen LogP contribution in [0.25, 0.3) is 0 Å². The molecule has 27 heavy (non-hydrogen) atoms. The summed E-state index contributed by atoms with van der Waals surface area (Å²) in [5.74, 6) is 1.59. The molecule has 0 heterocycles. The van der Waals surface area contributed by atoms with Crippen molar-refractivity contribution < 1.29 is 14.3 Å². The number of rotatable bonds is 19. The van der Waals surface area contributed by atoms with E-state index in [0.717, 1.165) is 37.5 Å². The molecule has 162 valence electrons. The maximum Gasteiger partial charge on any atom is 0.327 e. The van der Waals surface area contributed by atoms with Crippen LogP contribution < -0.4 is 0 Å². The topological polar surface area (TPSA) is 49.7 Å². The zero-order valence-corrected chi connectivity index (χ0v) is 19.5. The first-order chi connectivity index (χ1) is 12.8. The molecule has 0 amide bonds. The Kier molecular flexibility index (Phi) is 17.0. The number of hydrogen-bond donors (Lipinski definition) is 2. The minimum absolute atomic E-state index is 0.564. The van der Waals surface area contributed by atoms with Crippen LogP contribution in [0, 0.1) is 11.8 Å². The second-order valence-corrected chi connectivity index (χ2v) is 9.70. The van der Waals surface area contributed by atoms with Gasteiger partial charge in [0.25, 0.3) is 0 Å². The number of hydrogen-bond acceptors (Lipinski definition) is 3. The molecule has 0 saturated heterocycles. The van der Waals surface area contributed by atoms with Crippen molar-refractivity contribution in [3.63, 3.8) is 0 Å². The van der Waals surface area contributed by atoms with Gasteiger partial charge in [-0.3, -0.25) is 0 Å². The van der Waals surface area contributed by atoms with Crippen molar-refractivity contribution in [2.24, 2.45) is 11.8 Å². The molecular formula is C23H47O3P. The van der Waals surface area contributed by atoms with Crippen molar-refractivity contribution in [2.45, 2.75) is 123 Å². The Balaban J connectivity index is 4.10. The van der Waals surface area contributed by atoms with Crippen molar-refractivity contribution in [1.29, 1.82) is 0 Å². The third kappa shape index (κ3) is 16.7. The molecule has 0 aromatic rings. The van der Waals surface area contributed by atoms with E-state index in [9.17, 15) is 9.79 Å². The first-order valence-corrected chi connectivity index (χ1v) is 12.5. The van der Waals surface area contributed by atoms with Gasteiger partial charge in [-0.2, -0.15) is 0 Å². The van der Waals surface area contributed by atoms with Gasteiger partial charge in [-0.25, -0.2) is 0 Å². The molecule has 0 bridgehead atoms. The fourth-order valence-corrected chi connectivity index (χ4v) is 4.22. The van der Waals surface area contributed by atoms with Gasteiger partial charge < -0.3 is 14.3 Å². The van der Waals surface area contributed by atoms with Gasteiger partial charge in [0.2, 0.25) is 0 Å². The Bertz CT molecular complexity index is 321. The minimum atomic E-state index is -2.34. The van der Waals surface area contributed by atoms with Crippen molar-refractivity contribution >= 4 is 8.60 Å².